The zero-order chi connectivity index (χ0) is 17.0. The predicted molar refractivity (Wildman–Crippen MR) is 90.2 cm³/mol. The average molecular weight is 318 g/mol. The number of aliphatic hydroxyl groups is 1. The van der Waals surface area contributed by atoms with Crippen LogP contribution in [0.15, 0.2) is 18.2 Å². The van der Waals surface area contributed by atoms with Gasteiger partial charge in [0.2, 0.25) is 0 Å². The van der Waals surface area contributed by atoms with E-state index >= 15 is 0 Å². The molecule has 1 fully saturated rings. The van der Waals surface area contributed by atoms with Crippen molar-refractivity contribution in [3.05, 3.63) is 29.3 Å². The molecule has 1 aromatic carbocycles. The number of nitrogens with zero attached hydrogens (tertiary/aromatic N) is 1. The summed E-state index contributed by atoms with van der Waals surface area (Å²) in [6, 6.07) is 5.70. The van der Waals surface area contributed by atoms with Crippen molar-refractivity contribution in [2.75, 3.05) is 25.0 Å². The third-order valence-electron chi connectivity index (χ3n) is 5.02. The maximum Gasteiger partial charge on any atom is 0.313 e. The summed E-state index contributed by atoms with van der Waals surface area (Å²) in [6.07, 6.45) is 2.37. The van der Waals surface area contributed by atoms with Gasteiger partial charge in [0.1, 0.15) is 0 Å². The van der Waals surface area contributed by atoms with Crippen molar-refractivity contribution < 1.29 is 14.7 Å². The Bertz CT molecular complexity index is 584. The van der Waals surface area contributed by atoms with E-state index in [4.69, 9.17) is 0 Å². The normalized spacial score (nSPS) is 17.0. The molecule has 1 heterocycles. The smallest absolute Gasteiger partial charge is 0.313 e. The van der Waals surface area contributed by atoms with E-state index in [-0.39, 0.29) is 12.0 Å². The Labute approximate surface area is 137 Å². The molecule has 2 N–H and O–H groups in total. The van der Waals surface area contributed by atoms with Crippen molar-refractivity contribution in [1.29, 1.82) is 0 Å². The number of piperidine rings is 1. The van der Waals surface area contributed by atoms with E-state index in [0.29, 0.717) is 18.8 Å². The Kier molecular flexibility index (Phi) is 5.42. The monoisotopic (exact) mass is 318 g/mol. The maximum atomic E-state index is 12.3. The molecule has 23 heavy (non-hydrogen) atoms. The number of aliphatic hydroxyl groups excluding tert-OH is 1. The fraction of sp³-hybridized carbons (Fsp3) is 0.556. The molecule has 1 saturated heterocycles. The van der Waals surface area contributed by atoms with Crippen LogP contribution in [0.2, 0.25) is 0 Å². The highest BCUT2D eigenvalue weighted by molar-refractivity contribution is 6.39. The highest BCUT2D eigenvalue weighted by Gasteiger charge is 2.35. The highest BCUT2D eigenvalue weighted by atomic mass is 16.3. The van der Waals surface area contributed by atoms with Crippen LogP contribution in [0.1, 0.15) is 37.3 Å². The summed E-state index contributed by atoms with van der Waals surface area (Å²) < 4.78 is 0. The van der Waals surface area contributed by atoms with Gasteiger partial charge in [-0.05, 0) is 50.2 Å². The summed E-state index contributed by atoms with van der Waals surface area (Å²) in [7, 11) is 0. The zero-order valence-electron chi connectivity index (χ0n) is 14.2. The molecule has 0 saturated carbocycles. The lowest BCUT2D eigenvalue weighted by Crippen LogP contribution is -2.48. The lowest BCUT2D eigenvalue weighted by atomic mass is 9.77. The van der Waals surface area contributed by atoms with Gasteiger partial charge in [-0.1, -0.05) is 24.6 Å². The maximum absolute atomic E-state index is 12.3. The first-order valence-electron chi connectivity index (χ1n) is 8.19. The molecule has 126 valence electrons. The molecular weight excluding hydrogens is 292 g/mol. The van der Waals surface area contributed by atoms with E-state index in [1.54, 1.807) is 4.90 Å². The van der Waals surface area contributed by atoms with Crippen molar-refractivity contribution in [2.45, 2.75) is 40.0 Å². The molecule has 1 aromatic rings. The summed E-state index contributed by atoms with van der Waals surface area (Å²) in [5, 5.41) is 12.2. The number of likely N-dealkylation sites (tertiary alicyclic amines) is 1. The SMILES string of the molecule is CCC1(CO)CCN(C(=O)C(=O)Nc2ccc(C)cc2C)CC1. The topological polar surface area (TPSA) is 69.6 Å². The summed E-state index contributed by atoms with van der Waals surface area (Å²) in [5.74, 6) is -1.09. The summed E-state index contributed by atoms with van der Waals surface area (Å²) in [6.45, 7) is 7.13. The van der Waals surface area contributed by atoms with Crippen molar-refractivity contribution in [3.8, 4) is 0 Å². The van der Waals surface area contributed by atoms with Crippen LogP contribution in [0, 0.1) is 19.3 Å². The number of carbonyl (C=O) groups excluding carboxylic acids is 2. The van der Waals surface area contributed by atoms with Crippen LogP contribution in [-0.4, -0.2) is 41.5 Å². The van der Waals surface area contributed by atoms with Gasteiger partial charge >= 0.3 is 11.8 Å². The van der Waals surface area contributed by atoms with Crippen molar-refractivity contribution >= 4 is 17.5 Å². The zero-order valence-corrected chi connectivity index (χ0v) is 14.2. The summed E-state index contributed by atoms with van der Waals surface area (Å²) >= 11 is 0. The van der Waals surface area contributed by atoms with Crippen molar-refractivity contribution in [2.24, 2.45) is 5.41 Å². The van der Waals surface area contributed by atoms with Gasteiger partial charge in [0.15, 0.2) is 0 Å². The molecular formula is C18H26N2O3. The third kappa shape index (κ3) is 3.91. The van der Waals surface area contributed by atoms with Crippen LogP contribution in [0.3, 0.4) is 0 Å². The number of hydrogen-bond acceptors (Lipinski definition) is 3. The minimum absolute atomic E-state index is 0.0964. The molecule has 2 rings (SSSR count). The van der Waals surface area contributed by atoms with Gasteiger partial charge in [-0.15, -0.1) is 0 Å². The number of benzene rings is 1. The van der Waals surface area contributed by atoms with Gasteiger partial charge in [0.25, 0.3) is 0 Å². The van der Waals surface area contributed by atoms with E-state index < -0.39 is 11.8 Å². The second-order valence-electron chi connectivity index (χ2n) is 6.58. The molecule has 1 aliphatic rings. The molecule has 0 radical (unpaired) electrons. The van der Waals surface area contributed by atoms with Gasteiger partial charge < -0.3 is 15.3 Å². The number of amides is 2. The first kappa shape index (κ1) is 17.5. The van der Waals surface area contributed by atoms with E-state index in [0.717, 1.165) is 30.4 Å². The first-order valence-corrected chi connectivity index (χ1v) is 8.19. The van der Waals surface area contributed by atoms with E-state index in [1.165, 1.54) is 0 Å². The largest absolute Gasteiger partial charge is 0.396 e. The van der Waals surface area contributed by atoms with Crippen molar-refractivity contribution in [1.82, 2.24) is 4.90 Å². The van der Waals surface area contributed by atoms with Crippen LogP contribution in [-0.2, 0) is 9.59 Å². The molecule has 0 unspecified atom stereocenters. The first-order chi connectivity index (χ1) is 10.9. The van der Waals surface area contributed by atoms with E-state index in [2.05, 4.69) is 12.2 Å². The van der Waals surface area contributed by atoms with Crippen molar-refractivity contribution in [3.63, 3.8) is 0 Å². The summed E-state index contributed by atoms with van der Waals surface area (Å²) in [4.78, 5) is 26.1. The lowest BCUT2D eigenvalue weighted by molar-refractivity contribution is -0.145. The molecule has 0 aromatic heterocycles. The van der Waals surface area contributed by atoms with E-state index in [1.807, 2.05) is 32.0 Å². The minimum Gasteiger partial charge on any atom is -0.396 e. The number of aryl methyl sites for hydroxylation is 2. The Morgan fingerprint density at radius 1 is 1.26 bits per heavy atom. The standard InChI is InChI=1S/C18H26N2O3/c1-4-18(12-21)7-9-20(10-8-18)17(23)16(22)19-15-6-5-13(2)11-14(15)3/h5-6,11,21H,4,7-10,12H2,1-3H3,(H,19,22). The third-order valence-corrected chi connectivity index (χ3v) is 5.02. The molecule has 5 nitrogen and oxygen atoms in total. The molecule has 0 bridgehead atoms. The number of nitrogens with one attached hydrogen (secondary N) is 1. The van der Waals surface area contributed by atoms with Gasteiger partial charge in [0.05, 0.1) is 0 Å². The van der Waals surface area contributed by atoms with Crippen LogP contribution in [0.5, 0.6) is 0 Å². The summed E-state index contributed by atoms with van der Waals surface area (Å²) in [5.41, 5.74) is 2.63. The van der Waals surface area contributed by atoms with Crippen LogP contribution in [0.4, 0.5) is 5.69 Å². The number of hydrogen-bond donors (Lipinski definition) is 2. The van der Waals surface area contributed by atoms with Gasteiger partial charge in [-0.2, -0.15) is 0 Å². The lowest BCUT2D eigenvalue weighted by Gasteiger charge is -2.39. The Morgan fingerprint density at radius 3 is 2.43 bits per heavy atom. The van der Waals surface area contributed by atoms with Crippen LogP contribution >= 0.6 is 0 Å². The minimum atomic E-state index is -0.593. The van der Waals surface area contributed by atoms with Gasteiger partial charge in [-0.25, -0.2) is 0 Å². The molecule has 5 heteroatoms. The average Bonchev–Trinajstić information content (AvgIpc) is 2.56. The second-order valence-corrected chi connectivity index (χ2v) is 6.58. The van der Waals surface area contributed by atoms with Gasteiger partial charge in [0, 0.05) is 25.4 Å². The molecule has 0 aliphatic carbocycles. The second kappa shape index (κ2) is 7.13. The quantitative estimate of drug-likeness (QED) is 0.840. The predicted octanol–water partition coefficient (Wildman–Crippen LogP) is 2.25. The molecule has 0 atom stereocenters. The number of carbonyl (C=O) groups is 2. The fourth-order valence-corrected chi connectivity index (χ4v) is 3.08. The molecule has 1 aliphatic heterocycles. The Balaban J connectivity index is 1.97. The Morgan fingerprint density at radius 2 is 1.91 bits per heavy atom. The van der Waals surface area contributed by atoms with Gasteiger partial charge in [-0.3, -0.25) is 9.59 Å². The number of rotatable bonds is 3. The Hall–Kier alpha value is -1.88. The molecule has 0 spiro atoms. The number of anilines is 1. The molecule has 2 amide bonds. The van der Waals surface area contributed by atoms with Crippen LogP contribution in [0.25, 0.3) is 0 Å². The fourth-order valence-electron chi connectivity index (χ4n) is 3.08. The highest BCUT2D eigenvalue weighted by Crippen LogP contribution is 2.34. The van der Waals surface area contributed by atoms with E-state index in [9.17, 15) is 14.7 Å². The van der Waals surface area contributed by atoms with Crippen LogP contribution < -0.4 is 5.32 Å².